The third kappa shape index (κ3) is 5.28. The minimum absolute atomic E-state index is 0. The predicted molar refractivity (Wildman–Crippen MR) is 83.5 cm³/mol. The first-order chi connectivity index (χ1) is 8.88. The third-order valence-corrected chi connectivity index (χ3v) is 2.52. The van der Waals surface area contributed by atoms with Gasteiger partial charge in [0.1, 0.15) is 0 Å². The highest BCUT2D eigenvalue weighted by Gasteiger charge is 1.92. The van der Waals surface area contributed by atoms with Crippen LogP contribution in [0.15, 0.2) is 64.8 Å². The van der Waals surface area contributed by atoms with Crippen molar-refractivity contribution >= 4 is 41.1 Å². The summed E-state index contributed by atoms with van der Waals surface area (Å²) in [5, 5.41) is 11.5. The van der Waals surface area contributed by atoms with Gasteiger partial charge in [-0.25, -0.2) is 0 Å². The first kappa shape index (κ1) is 15.5. The Bertz CT molecular complexity index is 498. The maximum atomic E-state index is 5.60. The molecule has 0 saturated carbocycles. The van der Waals surface area contributed by atoms with Crippen molar-refractivity contribution in [2.75, 3.05) is 17.7 Å². The Morgan fingerprint density at radius 1 is 0.842 bits per heavy atom. The number of benzene rings is 2. The molecule has 0 bridgehead atoms. The average Bonchev–Trinajstić information content (AvgIpc) is 2.45. The lowest BCUT2D eigenvalue weighted by Crippen LogP contribution is -2.01. The van der Waals surface area contributed by atoms with Crippen molar-refractivity contribution < 1.29 is 0 Å². The molecule has 0 aliphatic carbocycles. The normalized spacial score (nSPS) is 10.2. The third-order valence-electron chi connectivity index (χ3n) is 2.33. The summed E-state index contributed by atoms with van der Waals surface area (Å²) in [5.41, 5.74) is 2.71. The molecule has 0 aliphatic heterocycles. The van der Waals surface area contributed by atoms with Gasteiger partial charge in [0, 0.05) is 18.1 Å². The Morgan fingerprint density at radius 2 is 1.42 bits per heavy atom. The SMILES string of the molecule is Cl.ClCCNc1ccc(N=Nc2ccccc2)cc1. The van der Waals surface area contributed by atoms with Gasteiger partial charge in [0.25, 0.3) is 0 Å². The van der Waals surface area contributed by atoms with Gasteiger partial charge in [0.2, 0.25) is 0 Å². The van der Waals surface area contributed by atoms with E-state index in [-0.39, 0.29) is 12.4 Å². The van der Waals surface area contributed by atoms with Crippen molar-refractivity contribution in [2.45, 2.75) is 0 Å². The number of hydrogen-bond acceptors (Lipinski definition) is 3. The molecule has 0 aliphatic rings. The van der Waals surface area contributed by atoms with Crippen LogP contribution in [0.5, 0.6) is 0 Å². The highest BCUT2D eigenvalue weighted by atomic mass is 35.5. The molecule has 0 spiro atoms. The van der Waals surface area contributed by atoms with E-state index < -0.39 is 0 Å². The van der Waals surface area contributed by atoms with Crippen LogP contribution >= 0.6 is 24.0 Å². The Labute approximate surface area is 124 Å². The Kier molecular flexibility index (Phi) is 6.93. The van der Waals surface area contributed by atoms with Crippen LogP contribution in [0, 0.1) is 0 Å². The van der Waals surface area contributed by atoms with Gasteiger partial charge in [0.05, 0.1) is 11.4 Å². The Morgan fingerprint density at radius 3 is 2.00 bits per heavy atom. The van der Waals surface area contributed by atoms with Crippen molar-refractivity contribution in [3.05, 3.63) is 54.6 Å². The lowest BCUT2D eigenvalue weighted by atomic mass is 10.3. The van der Waals surface area contributed by atoms with Crippen LogP contribution in [0.1, 0.15) is 0 Å². The smallest absolute Gasteiger partial charge is 0.0858 e. The van der Waals surface area contributed by atoms with Gasteiger partial charge in [-0.3, -0.25) is 0 Å². The molecular formula is C14H15Cl2N3. The number of hydrogen-bond donors (Lipinski definition) is 1. The van der Waals surface area contributed by atoms with Gasteiger partial charge < -0.3 is 5.32 Å². The van der Waals surface area contributed by atoms with E-state index in [9.17, 15) is 0 Å². The van der Waals surface area contributed by atoms with Crippen LogP contribution in [0.25, 0.3) is 0 Å². The zero-order valence-corrected chi connectivity index (χ0v) is 11.9. The molecule has 0 heterocycles. The standard InChI is InChI=1S/C14H14ClN3.ClH/c15-10-11-16-12-6-8-14(9-7-12)18-17-13-4-2-1-3-5-13;/h1-9,16H,10-11H2;1H. The van der Waals surface area contributed by atoms with Crippen LogP contribution in [0.4, 0.5) is 17.1 Å². The molecule has 1 N–H and O–H groups in total. The van der Waals surface area contributed by atoms with Crippen LogP contribution in [0.3, 0.4) is 0 Å². The summed E-state index contributed by atoms with van der Waals surface area (Å²) >= 11 is 5.60. The lowest BCUT2D eigenvalue weighted by Gasteiger charge is -2.03. The zero-order valence-electron chi connectivity index (χ0n) is 10.3. The highest BCUT2D eigenvalue weighted by Crippen LogP contribution is 2.19. The van der Waals surface area contributed by atoms with Gasteiger partial charge in [-0.2, -0.15) is 10.2 Å². The minimum atomic E-state index is 0. The fraction of sp³-hybridized carbons (Fsp3) is 0.143. The van der Waals surface area contributed by atoms with Gasteiger partial charge in [-0.15, -0.1) is 24.0 Å². The second kappa shape index (κ2) is 8.51. The number of rotatable bonds is 5. The summed E-state index contributed by atoms with van der Waals surface area (Å²) in [4.78, 5) is 0. The van der Waals surface area contributed by atoms with E-state index in [1.807, 2.05) is 54.6 Å². The lowest BCUT2D eigenvalue weighted by molar-refractivity contribution is 1.21. The molecule has 100 valence electrons. The monoisotopic (exact) mass is 295 g/mol. The first-order valence-corrected chi connectivity index (χ1v) is 6.28. The van der Waals surface area contributed by atoms with E-state index in [0.717, 1.165) is 23.6 Å². The minimum Gasteiger partial charge on any atom is -0.384 e. The number of halogens is 2. The van der Waals surface area contributed by atoms with Crippen molar-refractivity contribution in [3.8, 4) is 0 Å². The first-order valence-electron chi connectivity index (χ1n) is 5.75. The highest BCUT2D eigenvalue weighted by molar-refractivity contribution is 6.18. The van der Waals surface area contributed by atoms with Crippen molar-refractivity contribution in [1.29, 1.82) is 0 Å². The molecule has 0 unspecified atom stereocenters. The van der Waals surface area contributed by atoms with E-state index in [4.69, 9.17) is 11.6 Å². The maximum Gasteiger partial charge on any atom is 0.0858 e. The van der Waals surface area contributed by atoms with Crippen molar-refractivity contribution in [1.82, 2.24) is 0 Å². The summed E-state index contributed by atoms with van der Waals surface area (Å²) in [6.45, 7) is 0.756. The molecule has 0 amide bonds. The second-order valence-corrected chi connectivity index (χ2v) is 4.08. The quantitative estimate of drug-likeness (QED) is 0.599. The van der Waals surface area contributed by atoms with Gasteiger partial charge in [-0.1, -0.05) is 18.2 Å². The Hall–Kier alpha value is -1.58. The fourth-order valence-corrected chi connectivity index (χ4v) is 1.54. The van der Waals surface area contributed by atoms with Crippen LogP contribution in [-0.2, 0) is 0 Å². The Balaban J connectivity index is 0.00000180. The van der Waals surface area contributed by atoms with Crippen molar-refractivity contribution in [3.63, 3.8) is 0 Å². The summed E-state index contributed by atoms with van der Waals surface area (Å²) in [7, 11) is 0. The van der Waals surface area contributed by atoms with E-state index in [1.54, 1.807) is 0 Å². The molecule has 0 aromatic heterocycles. The summed E-state index contributed by atoms with van der Waals surface area (Å²) in [5.74, 6) is 0.593. The van der Waals surface area contributed by atoms with E-state index in [2.05, 4.69) is 15.5 Å². The van der Waals surface area contributed by atoms with E-state index in [0.29, 0.717) is 5.88 Å². The molecule has 0 fully saturated rings. The number of nitrogens with zero attached hydrogens (tertiary/aromatic N) is 2. The summed E-state index contributed by atoms with van der Waals surface area (Å²) in [6, 6.07) is 17.4. The molecule has 2 aromatic carbocycles. The van der Waals surface area contributed by atoms with Gasteiger partial charge in [0.15, 0.2) is 0 Å². The van der Waals surface area contributed by atoms with Crippen LogP contribution in [-0.4, -0.2) is 12.4 Å². The molecular weight excluding hydrogens is 281 g/mol. The topological polar surface area (TPSA) is 36.8 Å². The molecule has 19 heavy (non-hydrogen) atoms. The van der Waals surface area contributed by atoms with Gasteiger partial charge >= 0.3 is 0 Å². The number of anilines is 1. The molecule has 2 aromatic rings. The van der Waals surface area contributed by atoms with Gasteiger partial charge in [-0.05, 0) is 36.4 Å². The summed E-state index contributed by atoms with van der Waals surface area (Å²) < 4.78 is 0. The number of alkyl halides is 1. The maximum absolute atomic E-state index is 5.60. The predicted octanol–water partition coefficient (Wildman–Crippen LogP) is 5.17. The molecule has 3 nitrogen and oxygen atoms in total. The molecule has 2 rings (SSSR count). The number of nitrogens with one attached hydrogen (secondary N) is 1. The molecule has 0 atom stereocenters. The fourth-order valence-electron chi connectivity index (χ4n) is 1.45. The zero-order chi connectivity index (χ0) is 12.6. The van der Waals surface area contributed by atoms with Crippen LogP contribution < -0.4 is 5.32 Å². The molecule has 0 radical (unpaired) electrons. The van der Waals surface area contributed by atoms with Crippen LogP contribution in [0.2, 0.25) is 0 Å². The average molecular weight is 296 g/mol. The number of azo groups is 1. The second-order valence-electron chi connectivity index (χ2n) is 3.70. The largest absolute Gasteiger partial charge is 0.384 e. The van der Waals surface area contributed by atoms with E-state index in [1.165, 1.54) is 0 Å². The van der Waals surface area contributed by atoms with Crippen molar-refractivity contribution in [2.24, 2.45) is 10.2 Å². The summed E-state index contributed by atoms with van der Waals surface area (Å²) in [6.07, 6.45) is 0. The molecule has 5 heteroatoms. The van der Waals surface area contributed by atoms with E-state index >= 15 is 0 Å². The molecule has 0 saturated heterocycles.